The van der Waals surface area contributed by atoms with Crippen molar-refractivity contribution < 1.29 is 23.9 Å². The van der Waals surface area contributed by atoms with Crippen LogP contribution in [0.15, 0.2) is 42.5 Å². The molecule has 1 heterocycles. The third kappa shape index (κ3) is 7.42. The minimum atomic E-state index is -0.602. The van der Waals surface area contributed by atoms with Crippen molar-refractivity contribution >= 4 is 28.7 Å². The zero-order valence-corrected chi connectivity index (χ0v) is 21.4. The van der Waals surface area contributed by atoms with Gasteiger partial charge in [0.15, 0.2) is 0 Å². The van der Waals surface area contributed by atoms with Crippen LogP contribution in [-0.4, -0.2) is 79.2 Å². The molecule has 190 valence electrons. The summed E-state index contributed by atoms with van der Waals surface area (Å²) in [6.07, 6.45) is 0.123. The summed E-state index contributed by atoms with van der Waals surface area (Å²) < 4.78 is 10.8. The minimum absolute atomic E-state index is 0.0497. The number of likely N-dealkylation sites (N-methyl/N-ethyl adjacent to an activating group) is 1. The molecule has 1 aliphatic rings. The molecule has 0 aliphatic carbocycles. The molecule has 35 heavy (non-hydrogen) atoms. The Kier molecular flexibility index (Phi) is 8.72. The lowest BCUT2D eigenvalue weighted by Gasteiger charge is -2.42. The number of esters is 1. The van der Waals surface area contributed by atoms with Crippen molar-refractivity contribution in [3.63, 3.8) is 0 Å². The highest BCUT2D eigenvalue weighted by atomic mass is 16.6. The number of carbonyl (C=O) groups is 3. The van der Waals surface area contributed by atoms with E-state index in [0.717, 1.165) is 16.3 Å². The SMILES string of the molecule is CNC(=O)C(CN1CCN(C(=O)OC(C)(C)C)C(CCOC(C)=O)C1)c1ccc2ccccc2c1. The molecule has 1 N–H and O–H groups in total. The van der Waals surface area contributed by atoms with Crippen LogP contribution in [-0.2, 0) is 19.1 Å². The predicted octanol–water partition coefficient (Wildman–Crippen LogP) is 3.54. The molecule has 2 unspecified atom stereocenters. The number of fused-ring (bicyclic) bond motifs is 1. The molecule has 0 spiro atoms. The third-order valence-corrected chi connectivity index (χ3v) is 6.13. The quantitative estimate of drug-likeness (QED) is 0.606. The zero-order valence-electron chi connectivity index (χ0n) is 21.4. The van der Waals surface area contributed by atoms with Crippen molar-refractivity contribution in [2.24, 2.45) is 0 Å². The maximum Gasteiger partial charge on any atom is 0.410 e. The van der Waals surface area contributed by atoms with Gasteiger partial charge in [0.05, 0.1) is 18.6 Å². The summed E-state index contributed by atoms with van der Waals surface area (Å²) in [5.41, 5.74) is 0.351. The summed E-state index contributed by atoms with van der Waals surface area (Å²) in [4.78, 5) is 41.0. The van der Waals surface area contributed by atoms with E-state index in [0.29, 0.717) is 32.6 Å². The number of nitrogens with one attached hydrogen (secondary N) is 1. The van der Waals surface area contributed by atoms with Crippen LogP contribution < -0.4 is 5.32 Å². The van der Waals surface area contributed by atoms with Gasteiger partial charge in [0, 0.05) is 46.6 Å². The molecule has 2 amide bonds. The number of carbonyl (C=O) groups excluding carboxylic acids is 3. The molecule has 0 saturated carbocycles. The lowest BCUT2D eigenvalue weighted by Crippen LogP contribution is -2.57. The highest BCUT2D eigenvalue weighted by Crippen LogP contribution is 2.25. The van der Waals surface area contributed by atoms with E-state index in [-0.39, 0.29) is 36.5 Å². The van der Waals surface area contributed by atoms with Gasteiger partial charge in [0.2, 0.25) is 5.91 Å². The molecule has 3 rings (SSSR count). The van der Waals surface area contributed by atoms with Gasteiger partial charge in [-0.2, -0.15) is 0 Å². The number of hydrogen-bond donors (Lipinski definition) is 1. The summed E-state index contributed by atoms with van der Waals surface area (Å²) in [5, 5.41) is 5.02. The summed E-state index contributed by atoms with van der Waals surface area (Å²) >= 11 is 0. The average Bonchev–Trinajstić information content (AvgIpc) is 2.80. The van der Waals surface area contributed by atoms with E-state index in [9.17, 15) is 14.4 Å². The van der Waals surface area contributed by atoms with Gasteiger partial charge < -0.3 is 19.7 Å². The van der Waals surface area contributed by atoms with Crippen LogP contribution in [0.25, 0.3) is 10.8 Å². The van der Waals surface area contributed by atoms with Crippen LogP contribution >= 0.6 is 0 Å². The molecule has 8 heteroatoms. The van der Waals surface area contributed by atoms with Crippen molar-refractivity contribution in [3.8, 4) is 0 Å². The van der Waals surface area contributed by atoms with Gasteiger partial charge in [-0.1, -0.05) is 42.5 Å². The molecular formula is C27H37N3O5. The smallest absolute Gasteiger partial charge is 0.410 e. The summed E-state index contributed by atoms with van der Waals surface area (Å²) in [5.74, 6) is -0.754. The van der Waals surface area contributed by atoms with Gasteiger partial charge in [0.1, 0.15) is 5.60 Å². The monoisotopic (exact) mass is 483 g/mol. The molecule has 0 radical (unpaired) electrons. The largest absolute Gasteiger partial charge is 0.466 e. The number of hydrogen-bond acceptors (Lipinski definition) is 6. The number of ether oxygens (including phenoxy) is 2. The molecule has 1 saturated heterocycles. The first-order valence-electron chi connectivity index (χ1n) is 12.1. The fourth-order valence-electron chi connectivity index (χ4n) is 4.43. The molecule has 0 aromatic heterocycles. The fourth-order valence-corrected chi connectivity index (χ4v) is 4.43. The van der Waals surface area contributed by atoms with E-state index < -0.39 is 5.60 Å². The van der Waals surface area contributed by atoms with E-state index in [1.807, 2.05) is 51.1 Å². The Labute approximate surface area is 207 Å². The third-order valence-electron chi connectivity index (χ3n) is 6.13. The average molecular weight is 484 g/mol. The van der Waals surface area contributed by atoms with E-state index in [1.165, 1.54) is 6.92 Å². The number of piperazine rings is 1. The molecule has 1 aliphatic heterocycles. The van der Waals surface area contributed by atoms with Crippen LogP contribution in [0, 0.1) is 0 Å². The first-order valence-corrected chi connectivity index (χ1v) is 12.1. The predicted molar refractivity (Wildman–Crippen MR) is 135 cm³/mol. The van der Waals surface area contributed by atoms with Gasteiger partial charge in [-0.25, -0.2) is 4.79 Å². The molecule has 0 bridgehead atoms. The maximum absolute atomic E-state index is 12.9. The topological polar surface area (TPSA) is 88.2 Å². The van der Waals surface area contributed by atoms with E-state index in [2.05, 4.69) is 22.3 Å². The van der Waals surface area contributed by atoms with E-state index in [4.69, 9.17) is 9.47 Å². The Balaban J connectivity index is 1.77. The first kappa shape index (κ1) is 26.5. The Hall–Kier alpha value is -3.13. The van der Waals surface area contributed by atoms with Gasteiger partial charge in [-0.15, -0.1) is 0 Å². The normalized spacial score (nSPS) is 17.6. The fraction of sp³-hybridized carbons (Fsp3) is 0.519. The van der Waals surface area contributed by atoms with Crippen molar-refractivity contribution in [1.82, 2.24) is 15.1 Å². The second kappa shape index (κ2) is 11.5. The molecular weight excluding hydrogens is 446 g/mol. The van der Waals surface area contributed by atoms with E-state index in [1.54, 1.807) is 11.9 Å². The minimum Gasteiger partial charge on any atom is -0.466 e. The summed E-state index contributed by atoms with van der Waals surface area (Å²) in [7, 11) is 1.65. The van der Waals surface area contributed by atoms with Crippen LogP contribution in [0.3, 0.4) is 0 Å². The Morgan fingerprint density at radius 2 is 1.80 bits per heavy atom. The Morgan fingerprint density at radius 1 is 1.09 bits per heavy atom. The van der Waals surface area contributed by atoms with Crippen LogP contribution in [0.1, 0.15) is 45.6 Å². The van der Waals surface area contributed by atoms with Crippen LogP contribution in [0.5, 0.6) is 0 Å². The lowest BCUT2D eigenvalue weighted by molar-refractivity contribution is -0.141. The highest BCUT2D eigenvalue weighted by molar-refractivity contribution is 5.88. The van der Waals surface area contributed by atoms with Gasteiger partial charge in [-0.3, -0.25) is 14.5 Å². The Morgan fingerprint density at radius 3 is 2.46 bits per heavy atom. The van der Waals surface area contributed by atoms with Crippen LogP contribution in [0.2, 0.25) is 0 Å². The molecule has 1 fully saturated rings. The Bertz CT molecular complexity index is 1050. The van der Waals surface area contributed by atoms with Crippen molar-refractivity contribution in [3.05, 3.63) is 48.0 Å². The lowest BCUT2D eigenvalue weighted by atomic mass is 9.94. The maximum atomic E-state index is 12.9. The number of amides is 2. The molecule has 2 aromatic carbocycles. The number of benzene rings is 2. The second-order valence-electron chi connectivity index (χ2n) is 9.99. The zero-order chi connectivity index (χ0) is 25.6. The summed E-state index contributed by atoms with van der Waals surface area (Å²) in [6.45, 7) is 9.27. The first-order chi connectivity index (χ1) is 16.6. The molecule has 2 aromatic rings. The molecule has 8 nitrogen and oxygen atoms in total. The standard InChI is InChI=1S/C27H37N3O5/c1-19(31)34-15-12-23-17-29(13-14-30(23)26(33)35-27(2,3)4)18-24(25(32)28-5)22-11-10-20-8-6-7-9-21(20)16-22/h6-11,16,23-24H,12-15,17-18H2,1-5H3,(H,28,32). The number of nitrogens with zero attached hydrogens (tertiary/aromatic N) is 2. The second-order valence-corrected chi connectivity index (χ2v) is 9.99. The van der Waals surface area contributed by atoms with Gasteiger partial charge >= 0.3 is 12.1 Å². The highest BCUT2D eigenvalue weighted by Gasteiger charge is 2.35. The van der Waals surface area contributed by atoms with E-state index >= 15 is 0 Å². The van der Waals surface area contributed by atoms with Gasteiger partial charge in [-0.05, 0) is 37.1 Å². The van der Waals surface area contributed by atoms with Gasteiger partial charge in [0.25, 0.3) is 0 Å². The van der Waals surface area contributed by atoms with Crippen molar-refractivity contribution in [2.45, 2.75) is 51.7 Å². The molecule has 2 atom stereocenters. The van der Waals surface area contributed by atoms with Crippen molar-refractivity contribution in [1.29, 1.82) is 0 Å². The summed E-state index contributed by atoms with van der Waals surface area (Å²) in [6, 6.07) is 14.0. The van der Waals surface area contributed by atoms with Crippen LogP contribution in [0.4, 0.5) is 4.79 Å². The van der Waals surface area contributed by atoms with Crippen molar-refractivity contribution in [2.75, 3.05) is 39.8 Å². The number of rotatable bonds is 7.